The Bertz CT molecular complexity index is 1000. The Balaban J connectivity index is 1.49. The van der Waals surface area contributed by atoms with Gasteiger partial charge in [0.05, 0.1) is 0 Å². The molecule has 0 aliphatic heterocycles. The first-order valence-corrected chi connectivity index (χ1v) is 9.64. The summed E-state index contributed by atoms with van der Waals surface area (Å²) in [6.45, 7) is 0.320. The molecule has 0 saturated carbocycles. The van der Waals surface area contributed by atoms with Crippen LogP contribution in [0.5, 0.6) is 5.75 Å². The quantitative estimate of drug-likeness (QED) is 0.119. The monoisotopic (exact) mass is 420 g/mol. The van der Waals surface area contributed by atoms with Crippen molar-refractivity contribution in [3.05, 3.63) is 95.6 Å². The fraction of sp³-hybridized carbons (Fsp3) is 0.125. The van der Waals surface area contributed by atoms with E-state index < -0.39 is 12.1 Å². The van der Waals surface area contributed by atoms with Crippen LogP contribution >= 0.6 is 0 Å². The third kappa shape index (κ3) is 6.60. The molecule has 0 bridgehead atoms. The number of nitrogen functional groups attached to an aromatic ring is 2. The first-order valence-electron chi connectivity index (χ1n) is 9.64. The lowest BCUT2D eigenvalue weighted by Crippen LogP contribution is -2.10. The first kappa shape index (κ1) is 21.9. The molecule has 1 atom stereocenters. The number of nitrogens with two attached hydrogens (primary N) is 2. The fourth-order valence-electron chi connectivity index (χ4n) is 2.99. The Kier molecular flexibility index (Phi) is 7.64. The maximum Gasteiger partial charge on any atom is 0.330 e. The summed E-state index contributed by atoms with van der Waals surface area (Å²) < 4.78 is 10.7. The second-order valence-electron chi connectivity index (χ2n) is 6.75. The molecule has 0 fully saturated rings. The number of benzene rings is 3. The molecule has 31 heavy (non-hydrogen) atoms. The summed E-state index contributed by atoms with van der Waals surface area (Å²) in [6, 6.07) is 21.4. The number of hydrogen-bond donors (Lipinski definition) is 3. The third-order valence-corrected chi connectivity index (χ3v) is 4.40. The van der Waals surface area contributed by atoms with E-state index in [0.717, 1.165) is 5.56 Å². The van der Waals surface area contributed by atoms with Crippen molar-refractivity contribution in [3.8, 4) is 5.75 Å². The molecule has 3 rings (SSSR count). The van der Waals surface area contributed by atoms with Gasteiger partial charge in [0.2, 0.25) is 0 Å². The summed E-state index contributed by atoms with van der Waals surface area (Å²) in [4.78, 5) is 16.4. The highest BCUT2D eigenvalue weighted by Crippen LogP contribution is 2.29. The van der Waals surface area contributed by atoms with Crippen LogP contribution in [0.3, 0.4) is 0 Å². The van der Waals surface area contributed by atoms with E-state index in [0.29, 0.717) is 28.3 Å². The lowest BCUT2D eigenvalue weighted by molar-refractivity contribution is -0.270. The van der Waals surface area contributed by atoms with Gasteiger partial charge in [-0.3, -0.25) is 5.26 Å². The largest absolute Gasteiger partial charge is 0.490 e. The van der Waals surface area contributed by atoms with E-state index in [4.69, 9.17) is 20.9 Å². The zero-order valence-corrected chi connectivity index (χ0v) is 16.8. The summed E-state index contributed by atoms with van der Waals surface area (Å²) in [5.74, 6) is 0.149. The molecule has 3 aromatic rings. The summed E-state index contributed by atoms with van der Waals surface area (Å²) in [5.41, 5.74) is 14.8. The molecule has 7 heteroatoms. The molecular weight excluding hydrogens is 396 g/mol. The Labute approximate surface area is 180 Å². The molecule has 1 unspecified atom stereocenters. The van der Waals surface area contributed by atoms with Crippen molar-refractivity contribution in [2.24, 2.45) is 0 Å². The number of anilines is 2. The predicted molar refractivity (Wildman–Crippen MR) is 119 cm³/mol. The normalized spacial score (nSPS) is 11.9. The van der Waals surface area contributed by atoms with Gasteiger partial charge in [0.25, 0.3) is 0 Å². The van der Waals surface area contributed by atoms with Gasteiger partial charge in [0.1, 0.15) is 25.1 Å². The Hall–Kier alpha value is -3.81. The van der Waals surface area contributed by atoms with Crippen molar-refractivity contribution in [1.29, 1.82) is 0 Å². The standard InChI is InChI=1S/C24H24N2O5/c25-20-14-19(15-21(26)16-20)24(31-28)18-7-9-22(10-8-18)29-12-13-30-23(27)11-6-17-4-2-1-3-5-17/h1-11,14-16,24,28H,12-13,25-26H2/b11-6-. The molecule has 160 valence electrons. The molecule has 5 N–H and O–H groups in total. The molecule has 0 radical (unpaired) electrons. The van der Waals surface area contributed by atoms with E-state index in [2.05, 4.69) is 4.89 Å². The minimum absolute atomic E-state index is 0.116. The topological polar surface area (TPSA) is 117 Å². The zero-order valence-electron chi connectivity index (χ0n) is 16.8. The number of carbonyl (C=O) groups excluding carboxylic acids is 1. The number of esters is 1. The van der Waals surface area contributed by atoms with Crippen LogP contribution in [0.1, 0.15) is 22.8 Å². The van der Waals surface area contributed by atoms with E-state index in [9.17, 15) is 10.1 Å². The van der Waals surface area contributed by atoms with Gasteiger partial charge in [-0.05, 0) is 53.1 Å². The van der Waals surface area contributed by atoms with E-state index >= 15 is 0 Å². The molecule has 0 spiro atoms. The summed E-state index contributed by atoms with van der Waals surface area (Å²) in [7, 11) is 0. The fourth-order valence-corrected chi connectivity index (χ4v) is 2.99. The van der Waals surface area contributed by atoms with Crippen molar-refractivity contribution in [2.45, 2.75) is 6.10 Å². The maximum atomic E-state index is 11.7. The van der Waals surface area contributed by atoms with Crippen LogP contribution < -0.4 is 16.2 Å². The molecule has 0 aromatic heterocycles. The van der Waals surface area contributed by atoms with E-state index in [-0.39, 0.29) is 13.2 Å². The van der Waals surface area contributed by atoms with Gasteiger partial charge in [0, 0.05) is 17.5 Å². The predicted octanol–water partition coefficient (Wildman–Crippen LogP) is 4.07. The molecule has 0 aliphatic rings. The molecule has 7 nitrogen and oxygen atoms in total. The van der Waals surface area contributed by atoms with Gasteiger partial charge >= 0.3 is 5.97 Å². The second-order valence-corrected chi connectivity index (χ2v) is 6.75. The summed E-state index contributed by atoms with van der Waals surface area (Å²) in [6.07, 6.45) is 2.33. The Morgan fingerprint density at radius 3 is 2.23 bits per heavy atom. The lowest BCUT2D eigenvalue weighted by atomic mass is 10.0. The Morgan fingerprint density at radius 1 is 0.903 bits per heavy atom. The van der Waals surface area contributed by atoms with Gasteiger partial charge in [-0.2, -0.15) is 0 Å². The van der Waals surface area contributed by atoms with Crippen molar-refractivity contribution < 1.29 is 24.4 Å². The van der Waals surface area contributed by atoms with Crippen LogP contribution in [0.2, 0.25) is 0 Å². The SMILES string of the molecule is Nc1cc(N)cc(C(OO)c2ccc(OCCOC(=O)/C=C\c3ccccc3)cc2)c1. The van der Waals surface area contributed by atoms with Gasteiger partial charge in [-0.15, -0.1) is 0 Å². The summed E-state index contributed by atoms with van der Waals surface area (Å²) in [5, 5.41) is 9.36. The van der Waals surface area contributed by atoms with Crippen LogP contribution in [-0.4, -0.2) is 24.4 Å². The van der Waals surface area contributed by atoms with Gasteiger partial charge in [0.15, 0.2) is 0 Å². The molecule has 0 aliphatic carbocycles. The van der Waals surface area contributed by atoms with Crippen LogP contribution in [0.4, 0.5) is 11.4 Å². The lowest BCUT2D eigenvalue weighted by Gasteiger charge is -2.16. The van der Waals surface area contributed by atoms with Crippen molar-refractivity contribution in [2.75, 3.05) is 24.7 Å². The van der Waals surface area contributed by atoms with Gasteiger partial charge in [-0.25, -0.2) is 9.68 Å². The van der Waals surface area contributed by atoms with Crippen LogP contribution in [0.15, 0.2) is 78.9 Å². The smallest absolute Gasteiger partial charge is 0.330 e. The van der Waals surface area contributed by atoms with Gasteiger partial charge in [-0.1, -0.05) is 42.5 Å². The molecule has 3 aromatic carbocycles. The first-order chi connectivity index (χ1) is 15.0. The highest BCUT2D eigenvalue weighted by molar-refractivity contribution is 5.87. The minimum atomic E-state index is -0.739. The number of ether oxygens (including phenoxy) is 2. The van der Waals surface area contributed by atoms with E-state index in [1.165, 1.54) is 6.08 Å². The summed E-state index contributed by atoms with van der Waals surface area (Å²) >= 11 is 0. The Morgan fingerprint density at radius 2 is 1.58 bits per heavy atom. The molecule has 0 saturated heterocycles. The minimum Gasteiger partial charge on any atom is -0.490 e. The van der Waals surface area contributed by atoms with Crippen molar-refractivity contribution in [1.82, 2.24) is 0 Å². The van der Waals surface area contributed by atoms with Crippen molar-refractivity contribution >= 4 is 23.4 Å². The second kappa shape index (κ2) is 10.8. The van der Waals surface area contributed by atoms with Crippen LogP contribution in [-0.2, 0) is 14.4 Å². The highest BCUT2D eigenvalue weighted by atomic mass is 17.1. The third-order valence-electron chi connectivity index (χ3n) is 4.40. The molecule has 0 heterocycles. The van der Waals surface area contributed by atoms with Crippen molar-refractivity contribution in [3.63, 3.8) is 0 Å². The number of carbonyl (C=O) groups is 1. The van der Waals surface area contributed by atoms with E-state index in [1.54, 1.807) is 48.5 Å². The number of rotatable bonds is 9. The molecular formula is C24H24N2O5. The average Bonchev–Trinajstić information content (AvgIpc) is 2.77. The van der Waals surface area contributed by atoms with Crippen LogP contribution in [0.25, 0.3) is 6.08 Å². The molecule has 0 amide bonds. The average molecular weight is 420 g/mol. The van der Waals surface area contributed by atoms with E-state index in [1.807, 2.05) is 30.3 Å². The zero-order chi connectivity index (χ0) is 22.1. The maximum absolute atomic E-state index is 11.7. The van der Waals surface area contributed by atoms with Gasteiger partial charge < -0.3 is 20.9 Å². The van der Waals surface area contributed by atoms with Crippen LogP contribution in [0, 0.1) is 0 Å². The number of hydrogen-bond acceptors (Lipinski definition) is 7. The highest BCUT2D eigenvalue weighted by Gasteiger charge is 2.16.